The van der Waals surface area contributed by atoms with Crippen LogP contribution in [0.2, 0.25) is 0 Å². The van der Waals surface area contributed by atoms with Gasteiger partial charge in [-0.2, -0.15) is 0 Å². The lowest BCUT2D eigenvalue weighted by molar-refractivity contribution is -0.0591. The molecule has 0 aliphatic carbocycles. The highest BCUT2D eigenvalue weighted by molar-refractivity contribution is 5.74. The van der Waals surface area contributed by atoms with Crippen molar-refractivity contribution in [3.05, 3.63) is 71.0 Å². The Morgan fingerprint density at radius 1 is 1.12 bits per heavy atom. The minimum absolute atomic E-state index is 0.0168. The molecule has 33 heavy (non-hydrogen) atoms. The SMILES string of the molecule is CC(C)NC(=O)N1CCCCN2[C@@H](CO)[C@H](c3ccc(C#Cc4ccccc4F)cc3)[C@@H]2C1. The third-order valence-electron chi connectivity index (χ3n) is 6.58. The fourth-order valence-corrected chi connectivity index (χ4v) is 4.95. The number of rotatable bonds is 3. The van der Waals surface area contributed by atoms with Crippen molar-refractivity contribution in [2.45, 2.75) is 50.7 Å². The van der Waals surface area contributed by atoms with Gasteiger partial charge < -0.3 is 15.3 Å². The van der Waals surface area contributed by atoms with Gasteiger partial charge in [-0.1, -0.05) is 36.1 Å². The van der Waals surface area contributed by atoms with Gasteiger partial charge in [-0.25, -0.2) is 9.18 Å². The largest absolute Gasteiger partial charge is 0.395 e. The molecule has 2 aromatic carbocycles. The van der Waals surface area contributed by atoms with Gasteiger partial charge in [0.2, 0.25) is 0 Å². The Labute approximate surface area is 195 Å². The van der Waals surface area contributed by atoms with Crippen LogP contribution in [0.3, 0.4) is 0 Å². The molecule has 2 aromatic rings. The van der Waals surface area contributed by atoms with Crippen molar-refractivity contribution in [3.8, 4) is 11.8 Å². The maximum atomic E-state index is 13.8. The normalized spacial score (nSPS) is 22.9. The quantitative estimate of drug-likeness (QED) is 0.705. The zero-order chi connectivity index (χ0) is 23.4. The second kappa shape index (κ2) is 10.4. The molecule has 2 N–H and O–H groups in total. The molecule has 3 atom stereocenters. The maximum Gasteiger partial charge on any atom is 0.317 e. The molecule has 0 saturated carbocycles. The summed E-state index contributed by atoms with van der Waals surface area (Å²) in [6.45, 7) is 6.38. The number of halogens is 1. The lowest BCUT2D eigenvalue weighted by Crippen LogP contribution is -2.68. The molecule has 0 radical (unpaired) electrons. The van der Waals surface area contributed by atoms with Gasteiger partial charge in [-0.05, 0) is 63.1 Å². The minimum atomic E-state index is -0.322. The van der Waals surface area contributed by atoms with Crippen LogP contribution in [0.25, 0.3) is 0 Å². The first-order chi connectivity index (χ1) is 16.0. The second-order valence-electron chi connectivity index (χ2n) is 9.19. The van der Waals surface area contributed by atoms with Crippen molar-refractivity contribution in [2.75, 3.05) is 26.2 Å². The van der Waals surface area contributed by atoms with Gasteiger partial charge in [-0.15, -0.1) is 0 Å². The molecule has 2 saturated heterocycles. The van der Waals surface area contributed by atoms with Gasteiger partial charge in [0.15, 0.2) is 0 Å². The number of carbonyl (C=O) groups is 1. The van der Waals surface area contributed by atoms with Crippen molar-refractivity contribution >= 4 is 6.03 Å². The lowest BCUT2D eigenvalue weighted by atomic mass is 9.74. The number of hydrogen-bond acceptors (Lipinski definition) is 3. The number of amides is 2. The predicted octanol–water partition coefficient (Wildman–Crippen LogP) is 3.57. The Hall–Kier alpha value is -2.88. The molecule has 0 spiro atoms. The summed E-state index contributed by atoms with van der Waals surface area (Å²) in [6.07, 6.45) is 1.97. The van der Waals surface area contributed by atoms with E-state index >= 15 is 0 Å². The fraction of sp³-hybridized carbons (Fsp3) is 0.444. The van der Waals surface area contributed by atoms with Crippen molar-refractivity contribution in [3.63, 3.8) is 0 Å². The van der Waals surface area contributed by atoms with Crippen molar-refractivity contribution in [2.24, 2.45) is 0 Å². The van der Waals surface area contributed by atoms with E-state index < -0.39 is 0 Å². The summed E-state index contributed by atoms with van der Waals surface area (Å²) in [7, 11) is 0. The van der Waals surface area contributed by atoms with Crippen LogP contribution < -0.4 is 5.32 Å². The van der Waals surface area contributed by atoms with E-state index in [1.807, 2.05) is 43.0 Å². The molecule has 6 heteroatoms. The van der Waals surface area contributed by atoms with Gasteiger partial charge >= 0.3 is 6.03 Å². The zero-order valence-electron chi connectivity index (χ0n) is 19.3. The first kappa shape index (κ1) is 23.3. The highest BCUT2D eigenvalue weighted by Gasteiger charge is 2.49. The number of nitrogens with zero attached hydrogens (tertiary/aromatic N) is 2. The first-order valence-electron chi connectivity index (χ1n) is 11.8. The summed E-state index contributed by atoms with van der Waals surface area (Å²) < 4.78 is 13.8. The minimum Gasteiger partial charge on any atom is -0.395 e. The Balaban J connectivity index is 1.52. The molecule has 0 unspecified atom stereocenters. The third-order valence-corrected chi connectivity index (χ3v) is 6.58. The summed E-state index contributed by atoms with van der Waals surface area (Å²) in [6, 6.07) is 14.8. The van der Waals surface area contributed by atoms with Gasteiger partial charge in [-0.3, -0.25) is 4.90 Å². The Morgan fingerprint density at radius 3 is 2.55 bits per heavy atom. The fourth-order valence-electron chi connectivity index (χ4n) is 4.95. The van der Waals surface area contributed by atoms with E-state index in [0.717, 1.165) is 37.1 Å². The lowest BCUT2D eigenvalue weighted by Gasteiger charge is -2.57. The summed E-state index contributed by atoms with van der Waals surface area (Å²) in [5, 5.41) is 13.1. The summed E-state index contributed by atoms with van der Waals surface area (Å²) in [4.78, 5) is 17.0. The number of benzene rings is 2. The Kier molecular flexibility index (Phi) is 7.32. The van der Waals surface area contributed by atoms with Crippen LogP contribution >= 0.6 is 0 Å². The molecule has 0 aromatic heterocycles. The van der Waals surface area contributed by atoms with Crippen LogP contribution in [-0.2, 0) is 0 Å². The van der Waals surface area contributed by atoms with Crippen LogP contribution in [0, 0.1) is 17.7 Å². The molecule has 2 amide bonds. The van der Waals surface area contributed by atoms with E-state index in [0.29, 0.717) is 12.1 Å². The number of aliphatic hydroxyl groups is 1. The number of fused-ring (bicyclic) bond motifs is 1. The van der Waals surface area contributed by atoms with E-state index in [-0.39, 0.29) is 42.5 Å². The molecule has 2 heterocycles. The zero-order valence-corrected chi connectivity index (χ0v) is 19.3. The van der Waals surface area contributed by atoms with Gasteiger partial charge in [0.05, 0.1) is 12.2 Å². The van der Waals surface area contributed by atoms with E-state index in [9.17, 15) is 14.3 Å². The average molecular weight is 450 g/mol. The standard InChI is InChI=1S/C27H32FN3O2/c1-19(2)29-27(33)30-15-5-6-16-31-24(17-30)26(25(31)18-32)22-13-10-20(11-14-22)9-12-21-7-3-4-8-23(21)28/h3-4,7-8,10-11,13-14,19,24-26,32H,5-6,15-18H2,1-2H3,(H,29,33)/t24-,25-,26+/m0/s1. The summed E-state index contributed by atoms with van der Waals surface area (Å²) >= 11 is 0. The van der Waals surface area contributed by atoms with E-state index in [1.165, 1.54) is 6.07 Å². The summed E-state index contributed by atoms with van der Waals surface area (Å²) in [5.74, 6) is 5.76. The Morgan fingerprint density at radius 2 is 1.85 bits per heavy atom. The number of nitrogens with one attached hydrogen (secondary N) is 1. The van der Waals surface area contributed by atoms with E-state index in [2.05, 4.69) is 22.1 Å². The number of carbonyl (C=O) groups excluding carboxylic acids is 1. The summed E-state index contributed by atoms with van der Waals surface area (Å²) in [5.41, 5.74) is 2.33. The number of aliphatic hydroxyl groups excluding tert-OH is 1. The first-order valence-corrected chi connectivity index (χ1v) is 11.8. The van der Waals surface area contributed by atoms with Gasteiger partial charge in [0.25, 0.3) is 0 Å². The van der Waals surface area contributed by atoms with Crippen molar-refractivity contribution < 1.29 is 14.3 Å². The molecule has 2 aliphatic rings. The number of urea groups is 1. The van der Waals surface area contributed by atoms with Gasteiger partial charge in [0.1, 0.15) is 5.82 Å². The molecule has 0 bridgehead atoms. The maximum absolute atomic E-state index is 13.8. The second-order valence-corrected chi connectivity index (χ2v) is 9.19. The van der Waals surface area contributed by atoms with Crippen LogP contribution in [0.15, 0.2) is 48.5 Å². The number of hydrogen-bond donors (Lipinski definition) is 2. The Bertz CT molecular complexity index is 1030. The van der Waals surface area contributed by atoms with E-state index in [4.69, 9.17) is 0 Å². The van der Waals surface area contributed by atoms with Crippen LogP contribution in [0.5, 0.6) is 0 Å². The molecule has 5 nitrogen and oxygen atoms in total. The topological polar surface area (TPSA) is 55.8 Å². The molecule has 174 valence electrons. The molecular formula is C27H32FN3O2. The van der Waals surface area contributed by atoms with Crippen molar-refractivity contribution in [1.82, 2.24) is 15.1 Å². The molecule has 2 aliphatic heterocycles. The third kappa shape index (κ3) is 5.21. The molecule has 4 rings (SSSR count). The van der Waals surface area contributed by atoms with Gasteiger partial charge in [0, 0.05) is 42.7 Å². The highest BCUT2D eigenvalue weighted by Crippen LogP contribution is 2.41. The van der Waals surface area contributed by atoms with Crippen LogP contribution in [0.4, 0.5) is 9.18 Å². The molecular weight excluding hydrogens is 417 g/mol. The predicted molar refractivity (Wildman–Crippen MR) is 127 cm³/mol. The van der Waals surface area contributed by atoms with Crippen LogP contribution in [-0.4, -0.2) is 65.3 Å². The molecule has 2 fully saturated rings. The van der Waals surface area contributed by atoms with Crippen LogP contribution in [0.1, 0.15) is 49.3 Å². The average Bonchev–Trinajstić information content (AvgIpc) is 2.78. The highest BCUT2D eigenvalue weighted by atomic mass is 19.1. The monoisotopic (exact) mass is 449 g/mol. The van der Waals surface area contributed by atoms with E-state index in [1.54, 1.807) is 18.2 Å². The van der Waals surface area contributed by atoms with Crippen molar-refractivity contribution in [1.29, 1.82) is 0 Å². The smallest absolute Gasteiger partial charge is 0.317 e.